The summed E-state index contributed by atoms with van der Waals surface area (Å²) in [4.78, 5) is 2.24. The van der Waals surface area contributed by atoms with E-state index in [2.05, 4.69) is 19.1 Å². The minimum absolute atomic E-state index is 0.534. The first-order valence-corrected chi connectivity index (χ1v) is 7.21. The molecule has 1 aliphatic carbocycles. The van der Waals surface area contributed by atoms with Crippen LogP contribution in [0.2, 0.25) is 0 Å². The van der Waals surface area contributed by atoms with E-state index in [1.807, 2.05) is 6.07 Å². The van der Waals surface area contributed by atoms with Gasteiger partial charge < -0.3 is 5.11 Å². The summed E-state index contributed by atoms with van der Waals surface area (Å²) in [6.45, 7) is 2.11. The fourth-order valence-corrected chi connectivity index (χ4v) is 3.69. The molecule has 1 heterocycles. The summed E-state index contributed by atoms with van der Waals surface area (Å²) in [7, 11) is 0. The van der Waals surface area contributed by atoms with E-state index in [0.29, 0.717) is 0 Å². The lowest BCUT2D eigenvalue weighted by Gasteiger charge is -2.34. The highest BCUT2D eigenvalue weighted by Gasteiger charge is 2.40. The maximum atomic E-state index is 10.5. The fraction of sp³-hybridized carbons (Fsp3) is 0.643. The highest BCUT2D eigenvalue weighted by Crippen LogP contribution is 2.46. The van der Waals surface area contributed by atoms with Gasteiger partial charge in [0.25, 0.3) is 0 Å². The van der Waals surface area contributed by atoms with Crippen LogP contribution in [0.25, 0.3) is 0 Å². The van der Waals surface area contributed by atoms with Crippen molar-refractivity contribution in [3.05, 3.63) is 21.9 Å². The molecule has 1 atom stereocenters. The first kappa shape index (κ1) is 12.6. The zero-order valence-electron chi connectivity index (χ0n) is 10.3. The van der Waals surface area contributed by atoms with Gasteiger partial charge in [-0.15, -0.1) is 11.3 Å². The number of hydrogen-bond donors (Lipinski definition) is 1. The van der Waals surface area contributed by atoms with Crippen molar-refractivity contribution in [2.75, 3.05) is 0 Å². The molecule has 0 aromatic carbocycles. The van der Waals surface area contributed by atoms with Gasteiger partial charge >= 0.3 is 0 Å². The third-order valence-electron chi connectivity index (χ3n) is 3.79. The van der Waals surface area contributed by atoms with Gasteiger partial charge in [0.15, 0.2) is 0 Å². The van der Waals surface area contributed by atoms with Gasteiger partial charge in [-0.25, -0.2) is 0 Å². The largest absolute Gasteiger partial charge is 0.386 e. The minimum atomic E-state index is -0.599. The zero-order valence-corrected chi connectivity index (χ0v) is 11.1. The van der Waals surface area contributed by atoms with Gasteiger partial charge in [-0.3, -0.25) is 0 Å². The topological polar surface area (TPSA) is 44.0 Å². The first-order valence-electron chi connectivity index (χ1n) is 6.40. The second-order valence-corrected chi connectivity index (χ2v) is 6.09. The van der Waals surface area contributed by atoms with E-state index < -0.39 is 11.5 Å². The molecule has 92 valence electrons. The summed E-state index contributed by atoms with van der Waals surface area (Å²) in [5.41, 5.74) is -0.534. The van der Waals surface area contributed by atoms with E-state index >= 15 is 0 Å². The van der Waals surface area contributed by atoms with E-state index in [1.165, 1.54) is 11.3 Å². The second-order valence-electron chi connectivity index (χ2n) is 4.89. The van der Waals surface area contributed by atoms with Crippen LogP contribution in [0.15, 0.2) is 12.1 Å². The summed E-state index contributed by atoms with van der Waals surface area (Å²) in [6.07, 6.45) is 5.40. The van der Waals surface area contributed by atoms with E-state index in [4.69, 9.17) is 0 Å². The molecule has 0 radical (unpaired) electrons. The van der Waals surface area contributed by atoms with E-state index in [-0.39, 0.29) is 0 Å². The molecular weight excluding hydrogens is 230 g/mol. The third-order valence-corrected chi connectivity index (χ3v) is 5.07. The zero-order chi connectivity index (χ0) is 12.3. The lowest BCUT2D eigenvalue weighted by Crippen LogP contribution is -2.29. The lowest BCUT2D eigenvalue weighted by molar-refractivity contribution is 0.0387. The number of aliphatic hydroxyl groups is 1. The normalized spacial score (nSPS) is 20.8. The van der Waals surface area contributed by atoms with Crippen molar-refractivity contribution in [3.63, 3.8) is 0 Å². The Kier molecular flexibility index (Phi) is 3.86. The Morgan fingerprint density at radius 2 is 2.12 bits per heavy atom. The Hall–Kier alpha value is -0.850. The predicted octanol–water partition coefficient (Wildman–Crippen LogP) is 3.82. The van der Waals surface area contributed by atoms with Crippen molar-refractivity contribution in [3.8, 4) is 6.07 Å². The molecule has 0 bridgehead atoms. The van der Waals surface area contributed by atoms with Crippen molar-refractivity contribution in [1.29, 1.82) is 5.26 Å². The fourth-order valence-electron chi connectivity index (χ4n) is 2.63. The quantitative estimate of drug-likeness (QED) is 0.885. The molecule has 2 rings (SSSR count). The molecule has 3 heteroatoms. The van der Waals surface area contributed by atoms with Crippen LogP contribution in [0, 0.1) is 16.7 Å². The van der Waals surface area contributed by atoms with E-state index in [0.717, 1.165) is 37.0 Å². The Morgan fingerprint density at radius 1 is 1.41 bits per heavy atom. The number of hydrogen-bond acceptors (Lipinski definition) is 3. The molecule has 0 amide bonds. The molecule has 0 aliphatic heterocycles. The first-order chi connectivity index (χ1) is 8.22. The van der Waals surface area contributed by atoms with Gasteiger partial charge in [0, 0.05) is 9.75 Å². The molecule has 1 aliphatic rings. The van der Waals surface area contributed by atoms with Crippen LogP contribution in [0.5, 0.6) is 0 Å². The van der Waals surface area contributed by atoms with Gasteiger partial charge in [0.05, 0.1) is 11.5 Å². The van der Waals surface area contributed by atoms with Crippen LogP contribution in [-0.2, 0) is 6.42 Å². The minimum Gasteiger partial charge on any atom is -0.386 e. The molecule has 0 saturated heterocycles. The molecule has 1 fully saturated rings. The Bertz CT molecular complexity index is 412. The summed E-state index contributed by atoms with van der Waals surface area (Å²) in [5, 5.41) is 19.9. The Morgan fingerprint density at radius 3 is 2.65 bits per heavy atom. The van der Waals surface area contributed by atoms with Crippen molar-refractivity contribution in [2.45, 2.75) is 51.6 Å². The molecule has 0 spiro atoms. The van der Waals surface area contributed by atoms with Gasteiger partial charge in [0.2, 0.25) is 0 Å². The van der Waals surface area contributed by atoms with Crippen LogP contribution in [-0.4, -0.2) is 5.11 Å². The maximum Gasteiger partial charge on any atom is 0.107 e. The smallest absolute Gasteiger partial charge is 0.107 e. The third kappa shape index (κ3) is 2.38. The molecule has 1 saturated carbocycles. The SMILES string of the molecule is CCc1ccc(C(O)C2(C#N)CCCCC2)s1. The number of nitrogens with zero attached hydrogens (tertiary/aromatic N) is 1. The average Bonchev–Trinajstić information content (AvgIpc) is 2.87. The standard InChI is InChI=1S/C14H19NOS/c1-2-11-6-7-12(17-11)13(16)14(10-15)8-4-3-5-9-14/h6-7,13,16H,2-5,8-9H2,1H3. The summed E-state index contributed by atoms with van der Waals surface area (Å²) in [6, 6.07) is 6.45. The summed E-state index contributed by atoms with van der Waals surface area (Å²) >= 11 is 1.65. The van der Waals surface area contributed by atoms with Crippen molar-refractivity contribution in [1.82, 2.24) is 0 Å². The van der Waals surface area contributed by atoms with Crippen molar-refractivity contribution >= 4 is 11.3 Å². The molecule has 1 aromatic heterocycles. The summed E-state index contributed by atoms with van der Waals surface area (Å²) < 4.78 is 0. The summed E-state index contributed by atoms with van der Waals surface area (Å²) in [5.74, 6) is 0. The predicted molar refractivity (Wildman–Crippen MR) is 69.8 cm³/mol. The molecular formula is C14H19NOS. The van der Waals surface area contributed by atoms with Crippen LogP contribution in [0.1, 0.15) is 54.9 Å². The molecule has 2 nitrogen and oxygen atoms in total. The Balaban J connectivity index is 2.22. The molecule has 1 aromatic rings. The maximum absolute atomic E-state index is 10.5. The Labute approximate surface area is 107 Å². The number of nitriles is 1. The van der Waals surface area contributed by atoms with Crippen LogP contribution in [0.3, 0.4) is 0 Å². The second kappa shape index (κ2) is 5.20. The van der Waals surface area contributed by atoms with Crippen LogP contribution in [0.4, 0.5) is 0 Å². The molecule has 17 heavy (non-hydrogen) atoms. The lowest BCUT2D eigenvalue weighted by atomic mass is 9.71. The highest BCUT2D eigenvalue weighted by atomic mass is 32.1. The monoisotopic (exact) mass is 249 g/mol. The van der Waals surface area contributed by atoms with E-state index in [1.54, 1.807) is 11.3 Å². The van der Waals surface area contributed by atoms with Gasteiger partial charge in [-0.1, -0.05) is 26.2 Å². The average molecular weight is 249 g/mol. The van der Waals surface area contributed by atoms with Crippen molar-refractivity contribution in [2.24, 2.45) is 5.41 Å². The van der Waals surface area contributed by atoms with Gasteiger partial charge in [-0.05, 0) is 31.4 Å². The molecule has 1 N–H and O–H groups in total. The van der Waals surface area contributed by atoms with E-state index in [9.17, 15) is 10.4 Å². The number of thiophene rings is 1. The molecule has 1 unspecified atom stereocenters. The van der Waals surface area contributed by atoms with Crippen LogP contribution < -0.4 is 0 Å². The van der Waals surface area contributed by atoms with Crippen LogP contribution >= 0.6 is 11.3 Å². The highest BCUT2D eigenvalue weighted by molar-refractivity contribution is 7.12. The van der Waals surface area contributed by atoms with Crippen molar-refractivity contribution < 1.29 is 5.11 Å². The van der Waals surface area contributed by atoms with Gasteiger partial charge in [0.1, 0.15) is 6.10 Å². The number of aliphatic hydroxyl groups excluding tert-OH is 1. The number of rotatable bonds is 3. The number of aryl methyl sites for hydroxylation is 1. The van der Waals surface area contributed by atoms with Gasteiger partial charge in [-0.2, -0.15) is 5.26 Å².